The van der Waals surface area contributed by atoms with Crippen molar-refractivity contribution < 1.29 is 47.5 Å². The van der Waals surface area contributed by atoms with Crippen LogP contribution in [0.25, 0.3) is 10.8 Å². The van der Waals surface area contributed by atoms with E-state index in [4.69, 9.17) is 37.9 Å². The number of fused-ring (bicyclic) bond motifs is 1. The Bertz CT molecular complexity index is 912. The molecule has 0 N–H and O–H groups in total. The summed E-state index contributed by atoms with van der Waals surface area (Å²) in [4.78, 5) is 21.8. The number of hydrogen-bond acceptors (Lipinski definition) is 10. The smallest absolute Gasteiger partial charge is 0.330 e. The van der Waals surface area contributed by atoms with Crippen molar-refractivity contribution >= 4 is 22.7 Å². The van der Waals surface area contributed by atoms with Crippen LogP contribution in [-0.4, -0.2) is 91.2 Å². The van der Waals surface area contributed by atoms with Crippen molar-refractivity contribution in [2.75, 3.05) is 79.3 Å². The summed E-state index contributed by atoms with van der Waals surface area (Å²) in [6.07, 6.45) is 2.23. The molecule has 2 aromatic carbocycles. The minimum atomic E-state index is -0.464. The highest BCUT2D eigenvalue weighted by Crippen LogP contribution is 2.25. The predicted octanol–water partition coefficient (Wildman–Crippen LogP) is 3.12. The Morgan fingerprint density at radius 2 is 0.868 bits per heavy atom. The molecule has 10 nitrogen and oxygen atoms in total. The zero-order valence-corrected chi connectivity index (χ0v) is 21.6. The summed E-state index contributed by atoms with van der Waals surface area (Å²) in [5.41, 5.74) is 0. The summed E-state index contributed by atoms with van der Waals surface area (Å²) in [6.45, 7) is 11.0. The molecular weight excluding hydrogens is 496 g/mol. The van der Waals surface area contributed by atoms with Gasteiger partial charge >= 0.3 is 11.9 Å². The molecule has 0 saturated carbocycles. The third-order valence-corrected chi connectivity index (χ3v) is 4.80. The van der Waals surface area contributed by atoms with Gasteiger partial charge in [-0.15, -0.1) is 0 Å². The van der Waals surface area contributed by atoms with Crippen molar-refractivity contribution in [3.8, 4) is 11.5 Å². The highest BCUT2D eigenvalue weighted by Gasteiger charge is 2.02. The Balaban J connectivity index is 1.52. The molecule has 0 aliphatic rings. The molecule has 0 heterocycles. The van der Waals surface area contributed by atoms with Crippen LogP contribution in [0, 0.1) is 0 Å². The van der Waals surface area contributed by atoms with Gasteiger partial charge in [0.05, 0.1) is 52.9 Å². The SMILES string of the molecule is C=CC(=O)OCCOCCOCCOc1ccc2cc(OCCOCCOCCOC(=O)C=C)ccc2c1. The summed E-state index contributed by atoms with van der Waals surface area (Å²) in [7, 11) is 0. The van der Waals surface area contributed by atoms with Crippen LogP contribution in [0.4, 0.5) is 0 Å². The van der Waals surface area contributed by atoms with Gasteiger partial charge in [-0.3, -0.25) is 0 Å². The lowest BCUT2D eigenvalue weighted by atomic mass is 10.1. The van der Waals surface area contributed by atoms with E-state index in [1.54, 1.807) is 0 Å². The van der Waals surface area contributed by atoms with E-state index in [9.17, 15) is 9.59 Å². The molecule has 0 saturated heterocycles. The largest absolute Gasteiger partial charge is 0.491 e. The first-order chi connectivity index (χ1) is 18.6. The zero-order chi connectivity index (χ0) is 27.3. The molecule has 38 heavy (non-hydrogen) atoms. The van der Waals surface area contributed by atoms with Crippen molar-refractivity contribution in [3.05, 3.63) is 61.7 Å². The van der Waals surface area contributed by atoms with Crippen molar-refractivity contribution in [2.45, 2.75) is 0 Å². The first kappa shape index (κ1) is 30.8. The number of ether oxygens (including phenoxy) is 8. The zero-order valence-electron chi connectivity index (χ0n) is 21.6. The minimum absolute atomic E-state index is 0.189. The van der Waals surface area contributed by atoms with Gasteiger partial charge in [-0.25, -0.2) is 9.59 Å². The second-order valence-corrected chi connectivity index (χ2v) is 7.56. The molecule has 208 valence electrons. The highest BCUT2D eigenvalue weighted by atomic mass is 16.6. The fraction of sp³-hybridized carbons (Fsp3) is 0.429. The highest BCUT2D eigenvalue weighted by molar-refractivity contribution is 5.85. The van der Waals surface area contributed by atoms with Crippen molar-refractivity contribution in [2.24, 2.45) is 0 Å². The lowest BCUT2D eigenvalue weighted by Gasteiger charge is -2.10. The van der Waals surface area contributed by atoms with Gasteiger partial charge in [-0.2, -0.15) is 0 Å². The molecule has 0 amide bonds. The van der Waals surface area contributed by atoms with E-state index < -0.39 is 11.9 Å². The molecule has 2 aromatic rings. The van der Waals surface area contributed by atoms with Crippen LogP contribution < -0.4 is 9.47 Å². The quantitative estimate of drug-likeness (QED) is 0.128. The number of rotatable bonds is 22. The maximum Gasteiger partial charge on any atom is 0.330 e. The average molecular weight is 533 g/mol. The van der Waals surface area contributed by atoms with Crippen molar-refractivity contribution in [3.63, 3.8) is 0 Å². The van der Waals surface area contributed by atoms with Gasteiger partial charge in [0.1, 0.15) is 37.9 Å². The minimum Gasteiger partial charge on any atom is -0.491 e. The summed E-state index contributed by atoms with van der Waals surface area (Å²) in [5.74, 6) is 0.580. The molecule has 0 bridgehead atoms. The van der Waals surface area contributed by atoms with E-state index in [-0.39, 0.29) is 13.2 Å². The van der Waals surface area contributed by atoms with E-state index in [2.05, 4.69) is 13.2 Å². The maximum absolute atomic E-state index is 10.9. The first-order valence-electron chi connectivity index (χ1n) is 12.3. The number of carbonyl (C=O) groups excluding carboxylic acids is 2. The third-order valence-electron chi connectivity index (χ3n) is 4.80. The predicted molar refractivity (Wildman–Crippen MR) is 141 cm³/mol. The second kappa shape index (κ2) is 19.6. The molecule has 0 aromatic heterocycles. The van der Waals surface area contributed by atoms with Crippen LogP contribution in [-0.2, 0) is 38.0 Å². The van der Waals surface area contributed by atoms with Gasteiger partial charge in [0.2, 0.25) is 0 Å². The van der Waals surface area contributed by atoms with Gasteiger partial charge in [-0.05, 0) is 35.0 Å². The van der Waals surface area contributed by atoms with E-state index in [0.717, 1.165) is 34.4 Å². The number of carbonyl (C=O) groups is 2. The molecular formula is C28H36O10. The fourth-order valence-corrected chi connectivity index (χ4v) is 2.98. The average Bonchev–Trinajstić information content (AvgIpc) is 2.94. The molecule has 0 aliphatic carbocycles. The van der Waals surface area contributed by atoms with Gasteiger partial charge in [0.15, 0.2) is 0 Å². The third kappa shape index (κ3) is 13.8. The molecule has 10 heteroatoms. The second-order valence-electron chi connectivity index (χ2n) is 7.56. The lowest BCUT2D eigenvalue weighted by Crippen LogP contribution is -2.13. The molecule has 0 unspecified atom stereocenters. The standard InChI is InChI=1S/C28H36O10/c1-3-27(29)37-19-15-33-11-9-31-13-17-35-25-7-5-24-22-26(8-6-23(24)21-25)36-18-14-32-10-12-34-16-20-38-28(30)4-2/h3-8,21-22H,1-2,9-20H2. The van der Waals surface area contributed by atoms with Crippen molar-refractivity contribution in [1.82, 2.24) is 0 Å². The Morgan fingerprint density at radius 3 is 1.24 bits per heavy atom. The lowest BCUT2D eigenvalue weighted by molar-refractivity contribution is -0.140. The van der Waals surface area contributed by atoms with Gasteiger partial charge in [-0.1, -0.05) is 25.3 Å². The van der Waals surface area contributed by atoms with Gasteiger partial charge < -0.3 is 37.9 Å². The first-order valence-corrected chi connectivity index (χ1v) is 12.3. The number of hydrogen-bond donors (Lipinski definition) is 0. The van der Waals surface area contributed by atoms with Crippen LogP contribution in [0.2, 0.25) is 0 Å². The Kier molecular flexibility index (Phi) is 15.9. The number of esters is 2. The fourth-order valence-electron chi connectivity index (χ4n) is 2.98. The monoisotopic (exact) mass is 532 g/mol. The van der Waals surface area contributed by atoms with E-state index >= 15 is 0 Å². The summed E-state index contributed by atoms with van der Waals surface area (Å²) in [6, 6.07) is 11.7. The molecule has 0 spiro atoms. The molecule has 2 rings (SSSR count). The summed E-state index contributed by atoms with van der Waals surface area (Å²) < 4.78 is 42.7. The summed E-state index contributed by atoms with van der Waals surface area (Å²) >= 11 is 0. The van der Waals surface area contributed by atoms with Gasteiger partial charge in [0.25, 0.3) is 0 Å². The molecule has 0 aliphatic heterocycles. The Morgan fingerprint density at radius 1 is 0.526 bits per heavy atom. The van der Waals surface area contributed by atoms with E-state index in [1.165, 1.54) is 0 Å². The topological polar surface area (TPSA) is 108 Å². The maximum atomic E-state index is 10.9. The molecule has 0 fully saturated rings. The normalized spacial score (nSPS) is 10.6. The van der Waals surface area contributed by atoms with Crippen LogP contribution in [0.3, 0.4) is 0 Å². The number of benzene rings is 2. The molecule has 0 radical (unpaired) electrons. The summed E-state index contributed by atoms with van der Waals surface area (Å²) in [5, 5.41) is 2.07. The Labute approximate surface area is 223 Å². The van der Waals surface area contributed by atoms with Crippen molar-refractivity contribution in [1.29, 1.82) is 0 Å². The van der Waals surface area contributed by atoms with Crippen LogP contribution in [0.1, 0.15) is 0 Å². The Hall–Kier alpha value is -3.44. The van der Waals surface area contributed by atoms with Crippen LogP contribution >= 0.6 is 0 Å². The molecule has 0 atom stereocenters. The van der Waals surface area contributed by atoms with Crippen LogP contribution in [0.5, 0.6) is 11.5 Å². The van der Waals surface area contributed by atoms with E-state index in [0.29, 0.717) is 66.1 Å². The van der Waals surface area contributed by atoms with E-state index in [1.807, 2.05) is 36.4 Å². The van der Waals surface area contributed by atoms with Crippen LogP contribution in [0.15, 0.2) is 61.7 Å². The van der Waals surface area contributed by atoms with Gasteiger partial charge in [0, 0.05) is 12.2 Å².